The van der Waals surface area contributed by atoms with E-state index < -0.39 is 4.92 Å². The maximum atomic E-state index is 11.0. The second kappa shape index (κ2) is 5.87. The van der Waals surface area contributed by atoms with Crippen LogP contribution in [0.2, 0.25) is 5.02 Å². The molecule has 0 spiro atoms. The second-order valence-electron chi connectivity index (χ2n) is 4.37. The van der Waals surface area contributed by atoms with E-state index in [4.69, 9.17) is 27.9 Å². The molecule has 1 aromatic carbocycles. The average Bonchev–Trinajstić information content (AvgIpc) is 2.32. The summed E-state index contributed by atoms with van der Waals surface area (Å²) in [6, 6.07) is 4.60. The molecule has 1 aliphatic rings. The standard InChI is InChI=1S/C12H13Cl2NO3/c13-10-1-2-12(15(16)17)8(6-10)5-9-7-18-4-3-11(9)14/h1-2,6,9,11H,3-5,7H2. The van der Waals surface area contributed by atoms with Gasteiger partial charge in [0.15, 0.2) is 0 Å². The van der Waals surface area contributed by atoms with Crippen LogP contribution in [0, 0.1) is 16.0 Å². The Labute approximate surface area is 115 Å². The number of hydrogen-bond acceptors (Lipinski definition) is 3. The van der Waals surface area contributed by atoms with Gasteiger partial charge in [0.1, 0.15) is 0 Å². The van der Waals surface area contributed by atoms with Crippen molar-refractivity contribution in [2.75, 3.05) is 13.2 Å². The highest BCUT2D eigenvalue weighted by Crippen LogP contribution is 2.29. The van der Waals surface area contributed by atoms with Gasteiger partial charge in [-0.1, -0.05) is 11.6 Å². The number of nitro groups is 1. The first-order valence-electron chi connectivity index (χ1n) is 5.72. The van der Waals surface area contributed by atoms with Gasteiger partial charge >= 0.3 is 0 Å². The van der Waals surface area contributed by atoms with E-state index >= 15 is 0 Å². The lowest BCUT2D eigenvalue weighted by Gasteiger charge is -2.27. The van der Waals surface area contributed by atoms with Crippen molar-refractivity contribution in [2.24, 2.45) is 5.92 Å². The predicted octanol–water partition coefficient (Wildman–Crippen LogP) is 3.43. The molecule has 6 heteroatoms. The molecule has 0 N–H and O–H groups in total. The molecular formula is C12H13Cl2NO3. The molecule has 2 atom stereocenters. The fourth-order valence-corrected chi connectivity index (χ4v) is 2.58. The van der Waals surface area contributed by atoms with Gasteiger partial charge in [-0.25, -0.2) is 0 Å². The summed E-state index contributed by atoms with van der Waals surface area (Å²) < 4.78 is 5.37. The number of benzene rings is 1. The second-order valence-corrected chi connectivity index (χ2v) is 5.37. The zero-order valence-corrected chi connectivity index (χ0v) is 11.2. The Balaban J connectivity index is 2.21. The van der Waals surface area contributed by atoms with Crippen LogP contribution in [0.15, 0.2) is 18.2 Å². The molecule has 0 aromatic heterocycles. The molecule has 1 fully saturated rings. The van der Waals surface area contributed by atoms with E-state index in [1.807, 2.05) is 0 Å². The summed E-state index contributed by atoms with van der Waals surface area (Å²) in [5.74, 6) is 0.0950. The SMILES string of the molecule is O=[N+]([O-])c1ccc(Cl)cc1CC1COCCC1Cl. The van der Waals surface area contributed by atoms with Crippen LogP contribution in [0.25, 0.3) is 0 Å². The van der Waals surface area contributed by atoms with Crippen LogP contribution < -0.4 is 0 Å². The molecule has 0 radical (unpaired) electrons. The van der Waals surface area contributed by atoms with Gasteiger partial charge in [-0.2, -0.15) is 0 Å². The van der Waals surface area contributed by atoms with Crippen LogP contribution in [0.5, 0.6) is 0 Å². The summed E-state index contributed by atoms with van der Waals surface area (Å²) in [7, 11) is 0. The summed E-state index contributed by atoms with van der Waals surface area (Å²) in [6.07, 6.45) is 1.30. The molecule has 2 unspecified atom stereocenters. The van der Waals surface area contributed by atoms with Gasteiger partial charge in [-0.15, -0.1) is 11.6 Å². The Morgan fingerprint density at radius 3 is 2.94 bits per heavy atom. The molecule has 2 rings (SSSR count). The van der Waals surface area contributed by atoms with E-state index in [0.29, 0.717) is 30.2 Å². The zero-order valence-electron chi connectivity index (χ0n) is 9.64. The Bertz CT molecular complexity index is 453. The van der Waals surface area contributed by atoms with Crippen molar-refractivity contribution < 1.29 is 9.66 Å². The number of alkyl halides is 1. The normalized spacial score (nSPS) is 23.9. The third-order valence-corrected chi connectivity index (χ3v) is 3.91. The first-order chi connectivity index (χ1) is 8.58. The van der Waals surface area contributed by atoms with Crippen LogP contribution in [0.3, 0.4) is 0 Å². The van der Waals surface area contributed by atoms with Gasteiger partial charge in [0.05, 0.1) is 11.5 Å². The number of nitrogens with zero attached hydrogens (tertiary/aromatic N) is 1. The molecular weight excluding hydrogens is 277 g/mol. The minimum Gasteiger partial charge on any atom is -0.381 e. The first-order valence-corrected chi connectivity index (χ1v) is 6.54. The molecule has 0 saturated carbocycles. The van der Waals surface area contributed by atoms with Crippen molar-refractivity contribution in [2.45, 2.75) is 18.2 Å². The largest absolute Gasteiger partial charge is 0.381 e. The van der Waals surface area contributed by atoms with Crippen molar-refractivity contribution in [3.8, 4) is 0 Å². The number of hydrogen-bond donors (Lipinski definition) is 0. The van der Waals surface area contributed by atoms with Crippen LogP contribution >= 0.6 is 23.2 Å². The van der Waals surface area contributed by atoms with E-state index in [1.54, 1.807) is 6.07 Å². The highest BCUT2D eigenvalue weighted by molar-refractivity contribution is 6.30. The van der Waals surface area contributed by atoms with Gasteiger partial charge < -0.3 is 4.74 Å². The monoisotopic (exact) mass is 289 g/mol. The minimum absolute atomic E-state index is 0.00247. The van der Waals surface area contributed by atoms with Crippen molar-refractivity contribution in [1.82, 2.24) is 0 Å². The Hall–Kier alpha value is -0.840. The zero-order chi connectivity index (χ0) is 13.1. The maximum Gasteiger partial charge on any atom is 0.272 e. The van der Waals surface area contributed by atoms with E-state index in [1.165, 1.54) is 12.1 Å². The highest BCUT2D eigenvalue weighted by atomic mass is 35.5. The minimum atomic E-state index is -0.390. The lowest BCUT2D eigenvalue weighted by Crippen LogP contribution is -2.29. The molecule has 1 saturated heterocycles. The van der Waals surface area contributed by atoms with Crippen molar-refractivity contribution in [1.29, 1.82) is 0 Å². The predicted molar refractivity (Wildman–Crippen MR) is 70.4 cm³/mol. The van der Waals surface area contributed by atoms with Gasteiger partial charge in [0.2, 0.25) is 0 Å². The van der Waals surface area contributed by atoms with Crippen molar-refractivity contribution in [3.63, 3.8) is 0 Å². The molecule has 0 bridgehead atoms. The van der Waals surface area contributed by atoms with E-state index in [-0.39, 0.29) is 17.0 Å². The topological polar surface area (TPSA) is 52.4 Å². The third-order valence-electron chi connectivity index (χ3n) is 3.10. The lowest BCUT2D eigenvalue weighted by atomic mass is 9.93. The fraction of sp³-hybridized carbons (Fsp3) is 0.500. The van der Waals surface area contributed by atoms with Gasteiger partial charge in [-0.3, -0.25) is 10.1 Å². The molecule has 4 nitrogen and oxygen atoms in total. The summed E-state index contributed by atoms with van der Waals surface area (Å²) in [4.78, 5) is 10.6. The summed E-state index contributed by atoms with van der Waals surface area (Å²) in [6.45, 7) is 1.19. The molecule has 0 aliphatic carbocycles. The van der Waals surface area contributed by atoms with Crippen LogP contribution in [-0.2, 0) is 11.2 Å². The number of nitro benzene ring substituents is 1. The van der Waals surface area contributed by atoms with Crippen molar-refractivity contribution in [3.05, 3.63) is 38.9 Å². The number of ether oxygens (including phenoxy) is 1. The summed E-state index contributed by atoms with van der Waals surface area (Å²) >= 11 is 12.1. The molecule has 98 valence electrons. The summed E-state index contributed by atoms with van der Waals surface area (Å²) in [5, 5.41) is 11.5. The first kappa shape index (κ1) is 13.6. The van der Waals surface area contributed by atoms with E-state index in [0.717, 1.165) is 6.42 Å². The number of rotatable bonds is 3. The fourth-order valence-electron chi connectivity index (χ4n) is 2.14. The molecule has 1 aliphatic heterocycles. The smallest absolute Gasteiger partial charge is 0.272 e. The molecule has 0 amide bonds. The van der Waals surface area contributed by atoms with Gasteiger partial charge in [0.25, 0.3) is 5.69 Å². The Morgan fingerprint density at radius 2 is 2.28 bits per heavy atom. The van der Waals surface area contributed by atoms with E-state index in [9.17, 15) is 10.1 Å². The Kier molecular flexibility index (Phi) is 4.43. The van der Waals surface area contributed by atoms with Gasteiger partial charge in [0, 0.05) is 34.6 Å². The van der Waals surface area contributed by atoms with Crippen molar-refractivity contribution >= 4 is 28.9 Å². The molecule has 1 heterocycles. The van der Waals surface area contributed by atoms with Crippen LogP contribution in [0.4, 0.5) is 5.69 Å². The summed E-state index contributed by atoms with van der Waals surface area (Å²) in [5.41, 5.74) is 0.711. The van der Waals surface area contributed by atoms with Gasteiger partial charge in [-0.05, 0) is 25.0 Å². The molecule has 1 aromatic rings. The number of halogens is 2. The molecule has 18 heavy (non-hydrogen) atoms. The average molecular weight is 290 g/mol. The van der Waals surface area contributed by atoms with Crippen LogP contribution in [0.1, 0.15) is 12.0 Å². The Morgan fingerprint density at radius 1 is 1.50 bits per heavy atom. The maximum absolute atomic E-state index is 11.0. The quantitative estimate of drug-likeness (QED) is 0.487. The van der Waals surface area contributed by atoms with E-state index in [2.05, 4.69) is 0 Å². The van der Waals surface area contributed by atoms with Crippen LogP contribution in [-0.4, -0.2) is 23.5 Å². The highest BCUT2D eigenvalue weighted by Gasteiger charge is 2.26. The third kappa shape index (κ3) is 3.13. The lowest BCUT2D eigenvalue weighted by molar-refractivity contribution is -0.385.